The van der Waals surface area contributed by atoms with Gasteiger partial charge < -0.3 is 10.1 Å². The van der Waals surface area contributed by atoms with Crippen LogP contribution in [0.3, 0.4) is 0 Å². The number of carbonyl (C=O) groups excluding carboxylic acids is 1. The van der Waals surface area contributed by atoms with Crippen LogP contribution in [-0.4, -0.2) is 24.8 Å². The molecule has 0 atom stereocenters. The Hall–Kier alpha value is -1.36. The Morgan fingerprint density at radius 3 is 2.42 bits per heavy atom. The average molecular weight is 384 g/mol. The molecule has 6 heteroatoms. The lowest BCUT2D eigenvalue weighted by molar-refractivity contribution is 0.0956. The Balaban J connectivity index is 1.73. The monoisotopic (exact) mass is 383 g/mol. The van der Waals surface area contributed by atoms with Gasteiger partial charge in [-0.1, -0.05) is 29.3 Å². The lowest BCUT2D eigenvalue weighted by Gasteiger charge is -2.08. The number of carbonyl (C=O) groups is 1. The van der Waals surface area contributed by atoms with Crippen molar-refractivity contribution in [3.8, 4) is 5.75 Å². The SMILES string of the molecule is CCOc1ccc(C(=O)NCCSCc2c(Cl)cccc2Cl)cc1. The van der Waals surface area contributed by atoms with Crippen LogP contribution in [0.2, 0.25) is 10.0 Å². The molecule has 0 saturated heterocycles. The van der Waals surface area contributed by atoms with Gasteiger partial charge in [0.05, 0.1) is 6.61 Å². The van der Waals surface area contributed by atoms with Gasteiger partial charge in [0, 0.05) is 33.7 Å². The first-order chi connectivity index (χ1) is 11.6. The van der Waals surface area contributed by atoms with Crippen LogP contribution in [0.15, 0.2) is 42.5 Å². The van der Waals surface area contributed by atoms with E-state index in [2.05, 4.69) is 5.32 Å². The number of nitrogens with one attached hydrogen (secondary N) is 1. The molecule has 128 valence electrons. The number of hydrogen-bond acceptors (Lipinski definition) is 3. The van der Waals surface area contributed by atoms with E-state index in [4.69, 9.17) is 27.9 Å². The van der Waals surface area contributed by atoms with E-state index in [-0.39, 0.29) is 5.91 Å². The Bertz CT molecular complexity index is 657. The van der Waals surface area contributed by atoms with E-state index in [1.165, 1.54) is 0 Å². The number of ether oxygens (including phenoxy) is 1. The first-order valence-corrected chi connectivity index (χ1v) is 9.54. The van der Waals surface area contributed by atoms with Gasteiger partial charge in [-0.3, -0.25) is 4.79 Å². The predicted octanol–water partition coefficient (Wildman–Crippen LogP) is 5.06. The van der Waals surface area contributed by atoms with E-state index >= 15 is 0 Å². The highest BCUT2D eigenvalue weighted by Gasteiger charge is 2.07. The highest BCUT2D eigenvalue weighted by Crippen LogP contribution is 2.27. The summed E-state index contributed by atoms with van der Waals surface area (Å²) in [5, 5.41) is 4.25. The fraction of sp³-hybridized carbons (Fsp3) is 0.278. The van der Waals surface area contributed by atoms with Crippen molar-refractivity contribution in [3.05, 3.63) is 63.6 Å². The third-order valence-corrected chi connectivity index (χ3v) is 4.96. The van der Waals surface area contributed by atoms with Gasteiger partial charge >= 0.3 is 0 Å². The molecule has 0 radical (unpaired) electrons. The van der Waals surface area contributed by atoms with E-state index in [0.29, 0.717) is 28.8 Å². The smallest absolute Gasteiger partial charge is 0.251 e. The normalized spacial score (nSPS) is 10.5. The van der Waals surface area contributed by atoms with Crippen LogP contribution in [0.25, 0.3) is 0 Å². The van der Waals surface area contributed by atoms with Gasteiger partial charge in [0.1, 0.15) is 5.75 Å². The summed E-state index contributed by atoms with van der Waals surface area (Å²) in [5.41, 5.74) is 1.56. The number of rotatable bonds is 8. The van der Waals surface area contributed by atoms with Gasteiger partial charge in [-0.2, -0.15) is 11.8 Å². The van der Waals surface area contributed by atoms with E-state index in [1.807, 2.05) is 25.1 Å². The number of amides is 1. The first-order valence-electron chi connectivity index (χ1n) is 7.63. The molecule has 2 aromatic rings. The second kappa shape index (κ2) is 9.82. The molecule has 3 nitrogen and oxygen atoms in total. The maximum Gasteiger partial charge on any atom is 0.251 e. The quantitative estimate of drug-likeness (QED) is 0.647. The van der Waals surface area contributed by atoms with Crippen molar-refractivity contribution >= 4 is 40.9 Å². The molecule has 1 N–H and O–H groups in total. The molecule has 0 aromatic heterocycles. The van der Waals surface area contributed by atoms with Crippen LogP contribution < -0.4 is 10.1 Å². The highest BCUT2D eigenvalue weighted by atomic mass is 35.5. The van der Waals surface area contributed by atoms with Crippen LogP contribution in [0.5, 0.6) is 5.75 Å². The lowest BCUT2D eigenvalue weighted by atomic mass is 10.2. The first kappa shape index (κ1) is 19.0. The van der Waals surface area contributed by atoms with Crippen LogP contribution in [0, 0.1) is 0 Å². The maximum atomic E-state index is 12.1. The standard InChI is InChI=1S/C18H19Cl2NO2S/c1-2-23-14-8-6-13(7-9-14)18(22)21-10-11-24-12-15-16(19)4-3-5-17(15)20/h3-9H,2,10-12H2,1H3,(H,21,22). The second-order valence-electron chi connectivity index (χ2n) is 4.97. The van der Waals surface area contributed by atoms with Crippen LogP contribution in [0.4, 0.5) is 0 Å². The zero-order valence-electron chi connectivity index (χ0n) is 13.4. The molecule has 0 unspecified atom stereocenters. The molecule has 0 heterocycles. The fourth-order valence-electron chi connectivity index (χ4n) is 2.05. The molecular weight excluding hydrogens is 365 g/mol. The van der Waals surface area contributed by atoms with Crippen molar-refractivity contribution < 1.29 is 9.53 Å². The van der Waals surface area contributed by atoms with Gasteiger partial charge in [-0.25, -0.2) is 0 Å². The third kappa shape index (κ3) is 5.62. The molecule has 0 aliphatic heterocycles. The zero-order valence-corrected chi connectivity index (χ0v) is 15.7. The Kier molecular flexibility index (Phi) is 7.76. The molecule has 2 rings (SSSR count). The maximum absolute atomic E-state index is 12.1. The summed E-state index contributed by atoms with van der Waals surface area (Å²) in [6, 6.07) is 12.6. The zero-order chi connectivity index (χ0) is 17.4. The summed E-state index contributed by atoms with van der Waals surface area (Å²) in [6.45, 7) is 3.12. The minimum atomic E-state index is -0.0885. The Morgan fingerprint density at radius 1 is 1.12 bits per heavy atom. The van der Waals surface area contributed by atoms with Gasteiger partial charge in [-0.05, 0) is 48.9 Å². The lowest BCUT2D eigenvalue weighted by Crippen LogP contribution is -2.25. The van der Waals surface area contributed by atoms with Crippen molar-refractivity contribution in [3.63, 3.8) is 0 Å². The largest absolute Gasteiger partial charge is 0.494 e. The highest BCUT2D eigenvalue weighted by molar-refractivity contribution is 7.98. The summed E-state index contributed by atoms with van der Waals surface area (Å²) >= 11 is 13.9. The third-order valence-electron chi connectivity index (χ3n) is 3.27. The summed E-state index contributed by atoms with van der Waals surface area (Å²) < 4.78 is 5.36. The minimum absolute atomic E-state index is 0.0885. The average Bonchev–Trinajstić information content (AvgIpc) is 2.57. The number of halogens is 2. The van der Waals surface area contributed by atoms with Gasteiger partial charge in [0.2, 0.25) is 0 Å². The molecular formula is C18H19Cl2NO2S. The fourth-order valence-corrected chi connectivity index (χ4v) is 3.65. The molecule has 0 spiro atoms. The number of benzene rings is 2. The summed E-state index contributed by atoms with van der Waals surface area (Å²) in [4.78, 5) is 12.1. The topological polar surface area (TPSA) is 38.3 Å². The van der Waals surface area contributed by atoms with E-state index in [0.717, 1.165) is 22.8 Å². The second-order valence-corrected chi connectivity index (χ2v) is 6.89. The molecule has 0 saturated carbocycles. The Morgan fingerprint density at radius 2 is 1.79 bits per heavy atom. The van der Waals surface area contributed by atoms with E-state index in [1.54, 1.807) is 36.0 Å². The van der Waals surface area contributed by atoms with Crippen molar-refractivity contribution in [2.45, 2.75) is 12.7 Å². The van der Waals surface area contributed by atoms with Crippen LogP contribution >= 0.6 is 35.0 Å². The molecule has 0 aliphatic rings. The van der Waals surface area contributed by atoms with Gasteiger partial charge in [-0.15, -0.1) is 0 Å². The molecule has 0 bridgehead atoms. The summed E-state index contributed by atoms with van der Waals surface area (Å²) in [6.07, 6.45) is 0. The number of thioether (sulfide) groups is 1. The summed E-state index contributed by atoms with van der Waals surface area (Å²) in [5.74, 6) is 2.18. The molecule has 0 aliphatic carbocycles. The molecule has 1 amide bonds. The molecule has 24 heavy (non-hydrogen) atoms. The Labute approximate surface area is 156 Å². The van der Waals surface area contributed by atoms with Crippen molar-refractivity contribution in [2.24, 2.45) is 0 Å². The van der Waals surface area contributed by atoms with Crippen LogP contribution in [-0.2, 0) is 5.75 Å². The van der Waals surface area contributed by atoms with Crippen molar-refractivity contribution in [1.29, 1.82) is 0 Å². The van der Waals surface area contributed by atoms with Gasteiger partial charge in [0.25, 0.3) is 5.91 Å². The van der Waals surface area contributed by atoms with E-state index in [9.17, 15) is 4.79 Å². The van der Waals surface area contributed by atoms with Crippen molar-refractivity contribution in [2.75, 3.05) is 18.9 Å². The predicted molar refractivity (Wildman–Crippen MR) is 103 cm³/mol. The van der Waals surface area contributed by atoms with Gasteiger partial charge in [0.15, 0.2) is 0 Å². The molecule has 2 aromatic carbocycles. The van der Waals surface area contributed by atoms with E-state index < -0.39 is 0 Å². The minimum Gasteiger partial charge on any atom is -0.494 e. The van der Waals surface area contributed by atoms with Crippen LogP contribution in [0.1, 0.15) is 22.8 Å². The van der Waals surface area contributed by atoms with Crippen molar-refractivity contribution in [1.82, 2.24) is 5.32 Å². The number of hydrogen-bond donors (Lipinski definition) is 1. The molecule has 0 fully saturated rings. The summed E-state index contributed by atoms with van der Waals surface area (Å²) in [7, 11) is 0.